The Morgan fingerprint density at radius 3 is 1.58 bits per heavy atom. The second-order valence-electron chi connectivity index (χ2n) is 3.86. The Kier molecular flexibility index (Phi) is 28.9. The van der Waals surface area contributed by atoms with Crippen LogP contribution in [0.5, 0.6) is 0 Å². The molecule has 0 radical (unpaired) electrons. The summed E-state index contributed by atoms with van der Waals surface area (Å²) in [6.07, 6.45) is 1.86. The summed E-state index contributed by atoms with van der Waals surface area (Å²) in [7, 11) is 1.00. The summed E-state index contributed by atoms with van der Waals surface area (Å²) in [5.41, 5.74) is 5.13. The molecule has 0 spiro atoms. The Bertz CT molecular complexity index is 321. The standard InChI is InChI=1S/C6H9NO5.C5H11NO2.C2H6.CH4O/c8-2-1-7(3-5(9)10)4-6(11)12;1-2-3-4(6)5(7)8;2*1-2/h2H,1,3-4H2,(H,9,10)(H,11,12);4H,2-3,6H2,1H3,(H,7,8);1-2H3;2H,1H3/t;4-;;/m.0../s1. The van der Waals surface area contributed by atoms with Crippen molar-refractivity contribution in [1.29, 1.82) is 0 Å². The first kappa shape index (κ1) is 29.9. The molecule has 0 unspecified atom stereocenters. The van der Waals surface area contributed by atoms with Crippen LogP contribution < -0.4 is 5.73 Å². The van der Waals surface area contributed by atoms with Crippen molar-refractivity contribution < 1.29 is 39.6 Å². The van der Waals surface area contributed by atoms with Gasteiger partial charge in [0.1, 0.15) is 12.3 Å². The van der Waals surface area contributed by atoms with E-state index in [-0.39, 0.29) is 6.54 Å². The van der Waals surface area contributed by atoms with Crippen molar-refractivity contribution >= 4 is 24.2 Å². The van der Waals surface area contributed by atoms with Gasteiger partial charge < -0.3 is 31.0 Å². The zero-order chi connectivity index (χ0) is 20.1. The molecule has 0 fully saturated rings. The maximum Gasteiger partial charge on any atom is 0.320 e. The van der Waals surface area contributed by atoms with E-state index in [2.05, 4.69) is 0 Å². The van der Waals surface area contributed by atoms with E-state index < -0.39 is 37.0 Å². The quantitative estimate of drug-likeness (QED) is 0.338. The lowest BCUT2D eigenvalue weighted by atomic mass is 10.2. The smallest absolute Gasteiger partial charge is 0.320 e. The van der Waals surface area contributed by atoms with Crippen molar-refractivity contribution in [3.8, 4) is 0 Å². The fourth-order valence-corrected chi connectivity index (χ4v) is 1.11. The van der Waals surface area contributed by atoms with Gasteiger partial charge in [0.2, 0.25) is 0 Å². The van der Waals surface area contributed by atoms with Gasteiger partial charge in [0.05, 0.1) is 19.6 Å². The Morgan fingerprint density at radius 1 is 1.04 bits per heavy atom. The maximum absolute atomic E-state index is 10.1. The minimum atomic E-state index is -1.15. The van der Waals surface area contributed by atoms with Crippen LogP contribution in [0.4, 0.5) is 0 Å². The predicted octanol–water partition coefficient (Wildman–Crippen LogP) is -0.510. The monoisotopic (exact) mass is 354 g/mol. The number of carboxylic acids is 3. The van der Waals surface area contributed by atoms with Crippen LogP contribution in [-0.4, -0.2) is 82.3 Å². The number of hydrogen-bond acceptors (Lipinski definition) is 7. The summed E-state index contributed by atoms with van der Waals surface area (Å²) in [4.78, 5) is 41.2. The average Bonchev–Trinajstić information content (AvgIpc) is 2.51. The number of carbonyl (C=O) groups excluding carboxylic acids is 1. The zero-order valence-electron chi connectivity index (χ0n) is 14.6. The number of aliphatic hydroxyl groups excluding tert-OH is 1. The molecule has 10 nitrogen and oxygen atoms in total. The molecule has 0 heterocycles. The van der Waals surface area contributed by atoms with Gasteiger partial charge in [-0.3, -0.25) is 19.3 Å². The van der Waals surface area contributed by atoms with E-state index in [1.807, 2.05) is 20.8 Å². The van der Waals surface area contributed by atoms with Gasteiger partial charge in [-0.05, 0) is 6.42 Å². The van der Waals surface area contributed by atoms with Gasteiger partial charge in [-0.25, -0.2) is 0 Å². The van der Waals surface area contributed by atoms with Gasteiger partial charge >= 0.3 is 17.9 Å². The third kappa shape index (κ3) is 28.2. The number of aliphatic hydroxyl groups is 1. The number of carboxylic acid groups (broad SMARTS) is 3. The summed E-state index contributed by atoms with van der Waals surface area (Å²) in [6, 6.07) is -0.667. The van der Waals surface area contributed by atoms with Gasteiger partial charge in [-0.15, -0.1) is 0 Å². The number of aliphatic carboxylic acids is 3. The van der Waals surface area contributed by atoms with Crippen molar-refractivity contribution in [1.82, 2.24) is 4.90 Å². The average molecular weight is 354 g/mol. The topological polar surface area (TPSA) is 178 Å². The Labute approximate surface area is 141 Å². The number of rotatable bonds is 9. The molecule has 0 aliphatic carbocycles. The van der Waals surface area contributed by atoms with Gasteiger partial charge in [-0.2, -0.15) is 0 Å². The van der Waals surface area contributed by atoms with Gasteiger partial charge in [0, 0.05) is 7.11 Å². The molecule has 0 bridgehead atoms. The van der Waals surface area contributed by atoms with Crippen molar-refractivity contribution in [3.63, 3.8) is 0 Å². The molecule has 24 heavy (non-hydrogen) atoms. The highest BCUT2D eigenvalue weighted by atomic mass is 16.4. The molecule has 6 N–H and O–H groups in total. The van der Waals surface area contributed by atoms with E-state index in [1.54, 1.807) is 0 Å². The fraction of sp³-hybridized carbons (Fsp3) is 0.714. The van der Waals surface area contributed by atoms with Crippen molar-refractivity contribution in [2.24, 2.45) is 5.73 Å². The lowest BCUT2D eigenvalue weighted by Gasteiger charge is -2.13. The summed E-state index contributed by atoms with van der Waals surface area (Å²) < 4.78 is 0. The van der Waals surface area contributed by atoms with E-state index in [0.717, 1.165) is 18.4 Å². The Morgan fingerprint density at radius 2 is 1.42 bits per heavy atom. The predicted molar refractivity (Wildman–Crippen MR) is 87.8 cm³/mol. The molecule has 0 aromatic carbocycles. The number of carbonyl (C=O) groups is 4. The van der Waals surface area contributed by atoms with Crippen LogP contribution >= 0.6 is 0 Å². The van der Waals surface area contributed by atoms with E-state index in [9.17, 15) is 19.2 Å². The second kappa shape index (κ2) is 23.2. The molecule has 0 rings (SSSR count). The van der Waals surface area contributed by atoms with Gasteiger partial charge in [0.15, 0.2) is 0 Å². The normalized spacial score (nSPS) is 9.79. The molecule has 0 aliphatic rings. The van der Waals surface area contributed by atoms with Crippen LogP contribution in [0.2, 0.25) is 0 Å². The molecule has 0 saturated heterocycles. The second-order valence-corrected chi connectivity index (χ2v) is 3.86. The Balaban J connectivity index is -0.000000145. The van der Waals surface area contributed by atoms with Crippen LogP contribution in [-0.2, 0) is 19.2 Å². The molecule has 1 atom stereocenters. The minimum Gasteiger partial charge on any atom is -0.480 e. The SMILES string of the molecule is CC.CCC[C@H](N)C(=O)O.CO.O=CCN(CC(=O)O)CC(=O)O. The van der Waals surface area contributed by atoms with Crippen molar-refractivity contribution in [2.75, 3.05) is 26.7 Å². The molecular formula is C14H30N2O8. The van der Waals surface area contributed by atoms with Gasteiger partial charge in [-0.1, -0.05) is 27.2 Å². The van der Waals surface area contributed by atoms with Crippen molar-refractivity contribution in [2.45, 2.75) is 39.7 Å². The van der Waals surface area contributed by atoms with E-state index in [0.29, 0.717) is 12.7 Å². The van der Waals surface area contributed by atoms with E-state index in [4.69, 9.17) is 26.2 Å². The fourth-order valence-electron chi connectivity index (χ4n) is 1.11. The highest BCUT2D eigenvalue weighted by molar-refractivity contribution is 5.73. The van der Waals surface area contributed by atoms with Crippen LogP contribution in [0.1, 0.15) is 33.6 Å². The molecule has 0 amide bonds. The van der Waals surface area contributed by atoms with E-state index >= 15 is 0 Å². The summed E-state index contributed by atoms with van der Waals surface area (Å²) >= 11 is 0. The summed E-state index contributed by atoms with van der Waals surface area (Å²) in [5.74, 6) is -3.22. The van der Waals surface area contributed by atoms with E-state index in [1.165, 1.54) is 0 Å². The Hall–Kier alpha value is -2.04. The van der Waals surface area contributed by atoms with Crippen LogP contribution in [0, 0.1) is 0 Å². The van der Waals surface area contributed by atoms with Crippen LogP contribution in [0.25, 0.3) is 0 Å². The van der Waals surface area contributed by atoms with Crippen LogP contribution in [0.3, 0.4) is 0 Å². The number of nitrogens with two attached hydrogens (primary N) is 1. The molecule has 0 aromatic rings. The lowest BCUT2D eigenvalue weighted by Crippen LogP contribution is -2.35. The first-order chi connectivity index (χ1) is 11.2. The number of nitrogens with zero attached hydrogens (tertiary/aromatic N) is 1. The largest absolute Gasteiger partial charge is 0.480 e. The maximum atomic E-state index is 10.1. The first-order valence-corrected chi connectivity index (χ1v) is 7.27. The third-order valence-electron chi connectivity index (χ3n) is 1.97. The lowest BCUT2D eigenvalue weighted by molar-refractivity contribution is -0.142. The minimum absolute atomic E-state index is 0.182. The first-order valence-electron chi connectivity index (χ1n) is 7.27. The molecular weight excluding hydrogens is 324 g/mol. The molecule has 10 heteroatoms. The van der Waals surface area contributed by atoms with Crippen LogP contribution in [0.15, 0.2) is 0 Å². The highest BCUT2D eigenvalue weighted by Gasteiger charge is 2.11. The molecule has 144 valence electrons. The van der Waals surface area contributed by atoms with Crippen molar-refractivity contribution in [3.05, 3.63) is 0 Å². The number of aldehydes is 1. The molecule has 0 saturated carbocycles. The number of hydrogen-bond donors (Lipinski definition) is 5. The molecule has 0 aromatic heterocycles. The highest BCUT2D eigenvalue weighted by Crippen LogP contribution is 1.91. The third-order valence-corrected chi connectivity index (χ3v) is 1.97. The summed E-state index contributed by atoms with van der Waals surface area (Å²) in [5, 5.41) is 31.7. The molecule has 0 aliphatic heterocycles. The summed E-state index contributed by atoms with van der Waals surface area (Å²) in [6.45, 7) is 4.84. The van der Waals surface area contributed by atoms with Gasteiger partial charge in [0.25, 0.3) is 0 Å². The zero-order valence-corrected chi connectivity index (χ0v) is 14.6.